The second kappa shape index (κ2) is 4.93. The number of benzene rings is 2. The van der Waals surface area contributed by atoms with E-state index in [1.807, 2.05) is 49.4 Å². The van der Waals surface area contributed by atoms with Crippen LogP contribution in [0, 0.1) is 6.92 Å². The van der Waals surface area contributed by atoms with Crippen LogP contribution in [-0.2, 0) is 0 Å². The first-order valence-electron chi connectivity index (χ1n) is 6.45. The summed E-state index contributed by atoms with van der Waals surface area (Å²) in [6.07, 6.45) is 0. The van der Waals surface area contributed by atoms with Gasteiger partial charge in [-0.1, -0.05) is 18.2 Å². The van der Waals surface area contributed by atoms with Crippen molar-refractivity contribution in [2.75, 3.05) is 14.2 Å². The maximum absolute atomic E-state index is 5.94. The van der Waals surface area contributed by atoms with Crippen molar-refractivity contribution in [3.63, 3.8) is 0 Å². The van der Waals surface area contributed by atoms with Gasteiger partial charge < -0.3 is 13.9 Å². The number of para-hydroxylation sites is 1. The molecule has 0 aliphatic heterocycles. The molecule has 3 rings (SSSR count). The van der Waals surface area contributed by atoms with Crippen molar-refractivity contribution in [3.05, 3.63) is 48.0 Å². The second-order valence-corrected chi connectivity index (χ2v) is 4.62. The van der Waals surface area contributed by atoms with E-state index in [2.05, 4.69) is 0 Å². The van der Waals surface area contributed by atoms with Crippen molar-refractivity contribution in [2.24, 2.45) is 0 Å². The molecule has 0 saturated carbocycles. The third-order valence-corrected chi connectivity index (χ3v) is 3.49. The first-order valence-corrected chi connectivity index (χ1v) is 6.45. The third-order valence-electron chi connectivity index (χ3n) is 3.49. The molecule has 20 heavy (non-hydrogen) atoms. The van der Waals surface area contributed by atoms with E-state index in [1.54, 1.807) is 14.2 Å². The molecule has 0 saturated heterocycles. The summed E-state index contributed by atoms with van der Waals surface area (Å²) in [5, 5.41) is 1.08. The normalized spacial score (nSPS) is 10.8. The molecule has 0 aliphatic carbocycles. The monoisotopic (exact) mass is 268 g/mol. The van der Waals surface area contributed by atoms with Gasteiger partial charge in [-0.15, -0.1) is 0 Å². The minimum atomic E-state index is 0.780. The summed E-state index contributed by atoms with van der Waals surface area (Å²) < 4.78 is 16.8. The Kier molecular flexibility index (Phi) is 3.11. The van der Waals surface area contributed by atoms with Crippen molar-refractivity contribution in [3.8, 4) is 22.8 Å². The maximum Gasteiger partial charge on any atom is 0.139 e. The number of fused-ring (bicyclic) bond motifs is 1. The van der Waals surface area contributed by atoms with E-state index in [0.29, 0.717) is 0 Å². The molecule has 0 amide bonds. The van der Waals surface area contributed by atoms with Crippen LogP contribution in [-0.4, -0.2) is 14.2 Å². The van der Waals surface area contributed by atoms with Gasteiger partial charge in [0.05, 0.1) is 19.8 Å². The van der Waals surface area contributed by atoms with Crippen molar-refractivity contribution >= 4 is 11.0 Å². The molecule has 3 heteroatoms. The standard InChI is InChI=1S/C17H16O3/c1-11-13(18-2)8-9-15(19-3)17(11)16-10-12-6-4-5-7-14(12)20-16/h4-10H,1-3H3. The highest BCUT2D eigenvalue weighted by atomic mass is 16.5. The minimum absolute atomic E-state index is 0.780. The van der Waals surface area contributed by atoms with Gasteiger partial charge in [0.2, 0.25) is 0 Å². The van der Waals surface area contributed by atoms with Crippen molar-refractivity contribution in [1.29, 1.82) is 0 Å². The van der Waals surface area contributed by atoms with E-state index >= 15 is 0 Å². The fourth-order valence-corrected chi connectivity index (χ4v) is 2.47. The quantitative estimate of drug-likeness (QED) is 0.704. The molecule has 0 bridgehead atoms. The Morgan fingerprint density at radius 3 is 2.30 bits per heavy atom. The topological polar surface area (TPSA) is 31.6 Å². The van der Waals surface area contributed by atoms with Gasteiger partial charge in [0.25, 0.3) is 0 Å². The number of hydrogen-bond acceptors (Lipinski definition) is 3. The second-order valence-electron chi connectivity index (χ2n) is 4.62. The van der Waals surface area contributed by atoms with Crippen LogP contribution in [0.2, 0.25) is 0 Å². The molecule has 2 aromatic carbocycles. The number of furan rings is 1. The molecular formula is C17H16O3. The van der Waals surface area contributed by atoms with Gasteiger partial charge in [-0.2, -0.15) is 0 Å². The molecule has 0 radical (unpaired) electrons. The molecule has 0 N–H and O–H groups in total. The van der Waals surface area contributed by atoms with Gasteiger partial charge in [-0.25, -0.2) is 0 Å². The van der Waals surface area contributed by atoms with Crippen LogP contribution in [0.15, 0.2) is 46.9 Å². The van der Waals surface area contributed by atoms with E-state index in [1.165, 1.54) is 0 Å². The van der Waals surface area contributed by atoms with Crippen LogP contribution in [0.5, 0.6) is 11.5 Å². The number of methoxy groups -OCH3 is 2. The highest BCUT2D eigenvalue weighted by Crippen LogP contribution is 2.40. The lowest BCUT2D eigenvalue weighted by atomic mass is 10.0. The fourth-order valence-electron chi connectivity index (χ4n) is 2.47. The van der Waals surface area contributed by atoms with E-state index in [9.17, 15) is 0 Å². The summed E-state index contributed by atoms with van der Waals surface area (Å²) in [5.74, 6) is 2.39. The first kappa shape index (κ1) is 12.6. The van der Waals surface area contributed by atoms with Gasteiger partial charge in [-0.3, -0.25) is 0 Å². The van der Waals surface area contributed by atoms with Gasteiger partial charge >= 0.3 is 0 Å². The van der Waals surface area contributed by atoms with Crippen LogP contribution in [0.3, 0.4) is 0 Å². The summed E-state index contributed by atoms with van der Waals surface area (Å²) in [4.78, 5) is 0. The Hall–Kier alpha value is -2.42. The Labute approximate surface area is 117 Å². The molecule has 0 atom stereocenters. The molecule has 3 aromatic rings. The zero-order chi connectivity index (χ0) is 14.1. The number of hydrogen-bond donors (Lipinski definition) is 0. The number of ether oxygens (including phenoxy) is 2. The van der Waals surface area contributed by atoms with Crippen LogP contribution in [0.25, 0.3) is 22.3 Å². The summed E-state index contributed by atoms with van der Waals surface area (Å²) in [6, 6.07) is 13.8. The van der Waals surface area contributed by atoms with E-state index in [-0.39, 0.29) is 0 Å². The van der Waals surface area contributed by atoms with E-state index in [0.717, 1.165) is 39.4 Å². The van der Waals surface area contributed by atoms with Gasteiger partial charge in [0.1, 0.15) is 22.8 Å². The predicted octanol–water partition coefficient (Wildman–Crippen LogP) is 4.43. The Balaban J connectivity index is 2.26. The molecule has 0 spiro atoms. The highest BCUT2D eigenvalue weighted by molar-refractivity contribution is 5.85. The highest BCUT2D eigenvalue weighted by Gasteiger charge is 2.17. The largest absolute Gasteiger partial charge is 0.496 e. The SMILES string of the molecule is COc1ccc(OC)c(-c2cc3ccccc3o2)c1C. The van der Waals surface area contributed by atoms with Crippen molar-refractivity contribution in [2.45, 2.75) is 6.92 Å². The smallest absolute Gasteiger partial charge is 0.139 e. The van der Waals surface area contributed by atoms with Crippen LogP contribution >= 0.6 is 0 Å². The van der Waals surface area contributed by atoms with Crippen LogP contribution in [0.4, 0.5) is 0 Å². The molecule has 0 fully saturated rings. The Bertz CT molecular complexity index is 723. The molecule has 3 nitrogen and oxygen atoms in total. The summed E-state index contributed by atoms with van der Waals surface area (Å²) in [5.41, 5.74) is 2.81. The third kappa shape index (κ3) is 1.92. The zero-order valence-corrected chi connectivity index (χ0v) is 11.8. The fraction of sp³-hybridized carbons (Fsp3) is 0.176. The molecule has 102 valence electrons. The first-order chi connectivity index (χ1) is 9.74. The maximum atomic E-state index is 5.94. The average Bonchev–Trinajstić information content (AvgIpc) is 2.90. The predicted molar refractivity (Wildman–Crippen MR) is 79.5 cm³/mol. The minimum Gasteiger partial charge on any atom is -0.496 e. The van der Waals surface area contributed by atoms with Crippen molar-refractivity contribution < 1.29 is 13.9 Å². The Morgan fingerprint density at radius 1 is 0.900 bits per heavy atom. The van der Waals surface area contributed by atoms with Crippen molar-refractivity contribution in [1.82, 2.24) is 0 Å². The van der Waals surface area contributed by atoms with Gasteiger partial charge in [0.15, 0.2) is 0 Å². The zero-order valence-electron chi connectivity index (χ0n) is 11.8. The van der Waals surface area contributed by atoms with Crippen LogP contribution in [0.1, 0.15) is 5.56 Å². The molecule has 0 unspecified atom stereocenters. The molecular weight excluding hydrogens is 252 g/mol. The lowest BCUT2D eigenvalue weighted by Crippen LogP contribution is -1.94. The average molecular weight is 268 g/mol. The molecule has 0 aliphatic rings. The lowest BCUT2D eigenvalue weighted by Gasteiger charge is -2.12. The summed E-state index contributed by atoms with van der Waals surface area (Å²) in [7, 11) is 3.32. The van der Waals surface area contributed by atoms with E-state index in [4.69, 9.17) is 13.9 Å². The lowest BCUT2D eigenvalue weighted by molar-refractivity contribution is 0.401. The number of rotatable bonds is 3. The summed E-state index contributed by atoms with van der Waals surface area (Å²) in [6.45, 7) is 2.00. The molecule has 1 aromatic heterocycles. The Morgan fingerprint density at radius 2 is 1.60 bits per heavy atom. The summed E-state index contributed by atoms with van der Waals surface area (Å²) >= 11 is 0. The van der Waals surface area contributed by atoms with Crippen LogP contribution < -0.4 is 9.47 Å². The van der Waals surface area contributed by atoms with Gasteiger partial charge in [0, 0.05) is 10.9 Å². The van der Waals surface area contributed by atoms with Gasteiger partial charge in [-0.05, 0) is 31.2 Å². The molecule has 1 heterocycles. The van der Waals surface area contributed by atoms with E-state index < -0.39 is 0 Å².